The van der Waals surface area contributed by atoms with Gasteiger partial charge in [-0.1, -0.05) is 0 Å². The summed E-state index contributed by atoms with van der Waals surface area (Å²) in [5.74, 6) is -2.54. The number of carbonyl (C=O) groups excluding carboxylic acids is 2. The Bertz CT molecular complexity index is 838. The van der Waals surface area contributed by atoms with Crippen LogP contribution in [0.5, 0.6) is 0 Å². The summed E-state index contributed by atoms with van der Waals surface area (Å²) >= 11 is 0. The number of benzene rings is 1. The number of non-ortho nitro benzene ring substituents is 1. The van der Waals surface area contributed by atoms with Crippen LogP contribution in [0.2, 0.25) is 0 Å². The van der Waals surface area contributed by atoms with Crippen molar-refractivity contribution in [1.82, 2.24) is 0 Å². The van der Waals surface area contributed by atoms with Crippen LogP contribution in [0, 0.1) is 32.1 Å². The third-order valence-corrected chi connectivity index (χ3v) is 4.42. The van der Waals surface area contributed by atoms with Crippen LogP contribution in [0.25, 0.3) is 0 Å². The van der Waals surface area contributed by atoms with Crippen molar-refractivity contribution in [3.05, 3.63) is 38.4 Å². The predicted molar refractivity (Wildman–Crippen MR) is 95.7 cm³/mol. The van der Waals surface area contributed by atoms with E-state index in [1.807, 2.05) is 0 Å². The highest BCUT2D eigenvalue weighted by molar-refractivity contribution is 5.93. The van der Waals surface area contributed by atoms with E-state index < -0.39 is 45.0 Å². The number of anilines is 1. The molecule has 0 amide bonds. The zero-order valence-corrected chi connectivity index (χ0v) is 15.1. The predicted octanol–water partition coefficient (Wildman–Crippen LogP) is 2.03. The lowest BCUT2D eigenvalue weighted by Gasteiger charge is -2.28. The Morgan fingerprint density at radius 1 is 1.11 bits per heavy atom. The molecule has 0 aromatic heterocycles. The van der Waals surface area contributed by atoms with Crippen LogP contribution in [0.1, 0.15) is 19.3 Å². The molecule has 0 radical (unpaired) electrons. The average Bonchev–Trinajstić information content (AvgIpc) is 2.70. The number of nitro groups is 2. The lowest BCUT2D eigenvalue weighted by atomic mass is 9.78. The molecule has 1 saturated carbocycles. The molecule has 150 valence electrons. The fourth-order valence-corrected chi connectivity index (χ4v) is 2.97. The average molecular weight is 394 g/mol. The van der Waals surface area contributed by atoms with E-state index in [1.54, 1.807) is 0 Å². The molecule has 1 aliphatic rings. The van der Waals surface area contributed by atoms with Crippen LogP contribution in [0.3, 0.4) is 0 Å². The summed E-state index contributed by atoms with van der Waals surface area (Å²) in [6.45, 7) is 0. The van der Waals surface area contributed by atoms with Gasteiger partial charge in [-0.3, -0.25) is 35.2 Å². The second-order valence-corrected chi connectivity index (χ2v) is 6.01. The number of hydrazone groups is 1. The zero-order valence-electron chi connectivity index (χ0n) is 15.1. The molecule has 28 heavy (non-hydrogen) atoms. The molecule has 12 heteroatoms. The van der Waals surface area contributed by atoms with Gasteiger partial charge in [-0.2, -0.15) is 5.10 Å². The van der Waals surface area contributed by atoms with Crippen molar-refractivity contribution in [3.63, 3.8) is 0 Å². The second-order valence-electron chi connectivity index (χ2n) is 6.01. The number of methoxy groups -OCH3 is 2. The van der Waals surface area contributed by atoms with E-state index in [1.165, 1.54) is 20.3 Å². The van der Waals surface area contributed by atoms with Gasteiger partial charge < -0.3 is 9.47 Å². The normalized spacial score (nSPS) is 20.3. The molecule has 0 saturated heterocycles. The highest BCUT2D eigenvalue weighted by atomic mass is 16.6. The highest BCUT2D eigenvalue weighted by Crippen LogP contribution is 2.32. The van der Waals surface area contributed by atoms with E-state index in [0.29, 0.717) is 18.6 Å². The summed E-state index contributed by atoms with van der Waals surface area (Å²) in [5, 5.41) is 26.0. The minimum absolute atomic E-state index is 0.0344. The summed E-state index contributed by atoms with van der Waals surface area (Å²) in [7, 11) is 2.44. The third-order valence-electron chi connectivity index (χ3n) is 4.42. The molecule has 0 bridgehead atoms. The SMILES string of the molecule is COC(=O)[C@H]1C/C(=N/Nc2ccc([N+](=O)[O-])cc2[N+](=O)[O-])CC[C@H]1C(=O)OC. The first-order valence-electron chi connectivity index (χ1n) is 8.18. The third kappa shape index (κ3) is 4.58. The maximum absolute atomic E-state index is 12.0. The fraction of sp³-hybridized carbons (Fsp3) is 0.438. The number of rotatable bonds is 6. The van der Waals surface area contributed by atoms with Gasteiger partial charge in [-0.25, -0.2) is 0 Å². The molecule has 0 aliphatic heterocycles. The van der Waals surface area contributed by atoms with Crippen molar-refractivity contribution in [2.45, 2.75) is 19.3 Å². The van der Waals surface area contributed by atoms with Crippen molar-refractivity contribution < 1.29 is 28.9 Å². The van der Waals surface area contributed by atoms with E-state index in [-0.39, 0.29) is 12.1 Å². The van der Waals surface area contributed by atoms with E-state index in [0.717, 1.165) is 12.1 Å². The Hall–Kier alpha value is -3.57. The van der Waals surface area contributed by atoms with Crippen molar-refractivity contribution in [1.29, 1.82) is 0 Å². The van der Waals surface area contributed by atoms with Crippen LogP contribution in [-0.2, 0) is 19.1 Å². The quantitative estimate of drug-likeness (QED) is 0.432. The Morgan fingerprint density at radius 3 is 2.32 bits per heavy atom. The minimum Gasteiger partial charge on any atom is -0.469 e. The first-order chi connectivity index (χ1) is 13.3. The van der Waals surface area contributed by atoms with Gasteiger partial charge in [-0.15, -0.1) is 0 Å². The van der Waals surface area contributed by atoms with Gasteiger partial charge >= 0.3 is 17.6 Å². The van der Waals surface area contributed by atoms with Crippen molar-refractivity contribution in [3.8, 4) is 0 Å². The standard InChI is InChI=1S/C16H18N4O8/c1-27-15(21)11-5-3-9(7-12(11)16(22)28-2)17-18-13-6-4-10(19(23)24)8-14(13)20(25)26/h4,6,8,11-12,18H,3,5,7H2,1-2H3/b17-9+/t11-,12+/m1/s1. The topological polar surface area (TPSA) is 163 Å². The minimum atomic E-state index is -0.779. The Morgan fingerprint density at radius 2 is 1.75 bits per heavy atom. The maximum atomic E-state index is 12.0. The molecule has 2 atom stereocenters. The Labute approximate surface area is 158 Å². The first-order valence-corrected chi connectivity index (χ1v) is 8.18. The number of nitro benzene ring substituents is 2. The summed E-state index contributed by atoms with van der Waals surface area (Å²) in [5.41, 5.74) is 2.06. The molecule has 1 fully saturated rings. The van der Waals surface area contributed by atoms with Crippen LogP contribution >= 0.6 is 0 Å². The molecular formula is C16H18N4O8. The second kappa shape index (κ2) is 8.88. The molecule has 0 heterocycles. The summed E-state index contributed by atoms with van der Waals surface area (Å²) in [6, 6.07) is 3.12. The van der Waals surface area contributed by atoms with E-state index >= 15 is 0 Å². The molecule has 1 aromatic carbocycles. The molecule has 12 nitrogen and oxygen atoms in total. The summed E-state index contributed by atoms with van der Waals surface area (Å²) in [4.78, 5) is 44.3. The first kappa shape index (κ1) is 20.7. The van der Waals surface area contributed by atoms with Crippen LogP contribution in [-0.4, -0.2) is 41.7 Å². The lowest BCUT2D eigenvalue weighted by Crippen LogP contribution is -2.37. The molecular weight excluding hydrogens is 376 g/mol. The van der Waals surface area contributed by atoms with Gasteiger partial charge in [0.05, 0.1) is 42.0 Å². The number of nitrogens with zero attached hydrogens (tertiary/aromatic N) is 3. The molecule has 1 N–H and O–H groups in total. The van der Waals surface area contributed by atoms with E-state index in [9.17, 15) is 29.8 Å². The zero-order chi connectivity index (χ0) is 20.8. The lowest BCUT2D eigenvalue weighted by molar-refractivity contribution is -0.393. The van der Waals surface area contributed by atoms with Gasteiger partial charge in [0.2, 0.25) is 0 Å². The maximum Gasteiger partial charge on any atom is 0.309 e. The number of hydrogen-bond donors (Lipinski definition) is 1. The van der Waals surface area contributed by atoms with Gasteiger partial charge in [0.1, 0.15) is 5.69 Å². The van der Waals surface area contributed by atoms with Crippen LogP contribution in [0.15, 0.2) is 23.3 Å². The number of nitrogens with one attached hydrogen (secondary N) is 1. The van der Waals surface area contributed by atoms with Crippen LogP contribution < -0.4 is 5.43 Å². The summed E-state index contributed by atoms with van der Waals surface area (Å²) in [6.07, 6.45) is 0.774. The molecule has 2 rings (SSSR count). The van der Waals surface area contributed by atoms with Crippen LogP contribution in [0.4, 0.5) is 17.1 Å². The largest absolute Gasteiger partial charge is 0.469 e. The number of esters is 2. The van der Waals surface area contributed by atoms with Gasteiger partial charge in [-0.05, 0) is 18.9 Å². The Kier molecular flexibility index (Phi) is 6.58. The highest BCUT2D eigenvalue weighted by Gasteiger charge is 2.39. The van der Waals surface area contributed by atoms with Crippen molar-refractivity contribution in [2.24, 2.45) is 16.9 Å². The fourth-order valence-electron chi connectivity index (χ4n) is 2.97. The van der Waals surface area contributed by atoms with E-state index in [2.05, 4.69) is 10.5 Å². The van der Waals surface area contributed by atoms with E-state index in [4.69, 9.17) is 9.47 Å². The van der Waals surface area contributed by atoms with Gasteiger partial charge in [0.15, 0.2) is 0 Å². The number of carbonyl (C=O) groups is 2. The monoisotopic (exact) mass is 394 g/mol. The summed E-state index contributed by atoms with van der Waals surface area (Å²) < 4.78 is 9.46. The molecule has 0 unspecified atom stereocenters. The smallest absolute Gasteiger partial charge is 0.309 e. The molecule has 0 spiro atoms. The number of ether oxygens (including phenoxy) is 2. The van der Waals surface area contributed by atoms with Gasteiger partial charge in [0.25, 0.3) is 5.69 Å². The molecule has 1 aliphatic carbocycles. The Balaban J connectivity index is 2.22. The van der Waals surface area contributed by atoms with Crippen molar-refractivity contribution in [2.75, 3.05) is 19.6 Å². The van der Waals surface area contributed by atoms with Gasteiger partial charge in [0, 0.05) is 18.2 Å². The number of hydrogen-bond acceptors (Lipinski definition) is 10. The van der Waals surface area contributed by atoms with Crippen molar-refractivity contribution >= 4 is 34.7 Å². The molecule has 1 aromatic rings.